The summed E-state index contributed by atoms with van der Waals surface area (Å²) in [7, 11) is 0. The summed E-state index contributed by atoms with van der Waals surface area (Å²) in [5, 5.41) is 12.9. The molecule has 4 N–H and O–H groups in total. The van der Waals surface area contributed by atoms with Crippen LogP contribution in [0.4, 0.5) is 11.4 Å². The lowest BCUT2D eigenvalue weighted by molar-refractivity contribution is -0.124. The third kappa shape index (κ3) is 4.96. The van der Waals surface area contributed by atoms with Crippen LogP contribution >= 0.6 is 11.6 Å². The Kier molecular flexibility index (Phi) is 6.55. The number of aliphatic hydroxyl groups excluding tert-OH is 1. The highest BCUT2D eigenvalue weighted by Crippen LogP contribution is 2.28. The molecule has 0 spiro atoms. The van der Waals surface area contributed by atoms with Crippen molar-refractivity contribution in [1.29, 1.82) is 0 Å². The molecule has 7 nitrogen and oxygen atoms in total. The molecule has 26 heavy (non-hydrogen) atoms. The zero-order valence-electron chi connectivity index (χ0n) is 13.9. The minimum absolute atomic E-state index is 0.229. The highest BCUT2D eigenvalue weighted by molar-refractivity contribution is 6.33. The van der Waals surface area contributed by atoms with Crippen LogP contribution in [0.3, 0.4) is 0 Å². The van der Waals surface area contributed by atoms with Gasteiger partial charge < -0.3 is 10.4 Å². The zero-order chi connectivity index (χ0) is 19.1. The van der Waals surface area contributed by atoms with Crippen LogP contribution in [-0.4, -0.2) is 29.1 Å². The Bertz CT molecular complexity index is 834. The van der Waals surface area contributed by atoms with E-state index < -0.39 is 24.0 Å². The van der Waals surface area contributed by atoms with Crippen molar-refractivity contribution in [3.63, 3.8) is 0 Å². The summed E-state index contributed by atoms with van der Waals surface area (Å²) >= 11 is 5.97. The quantitative estimate of drug-likeness (QED) is 0.479. The Labute approximate surface area is 155 Å². The molecule has 0 saturated carbocycles. The van der Waals surface area contributed by atoms with Crippen LogP contribution in [0.25, 0.3) is 4.85 Å². The number of carbonyl (C=O) groups excluding carboxylic acids is 2. The van der Waals surface area contributed by atoms with Gasteiger partial charge in [-0.2, -0.15) is 0 Å². The van der Waals surface area contributed by atoms with Crippen molar-refractivity contribution in [3.8, 4) is 0 Å². The Balaban J connectivity index is 2.02. The van der Waals surface area contributed by atoms with Gasteiger partial charge in [-0.15, -0.1) is 0 Å². The average molecular weight is 373 g/mol. The number of amides is 2. The third-order valence-corrected chi connectivity index (χ3v) is 3.79. The monoisotopic (exact) mass is 372 g/mol. The van der Waals surface area contributed by atoms with E-state index in [1.807, 2.05) is 0 Å². The predicted octanol–water partition coefficient (Wildman–Crippen LogP) is 2.51. The van der Waals surface area contributed by atoms with E-state index in [0.29, 0.717) is 11.3 Å². The maximum Gasteiger partial charge on any atom is 0.269 e. The van der Waals surface area contributed by atoms with Crippen LogP contribution in [0.2, 0.25) is 5.02 Å². The number of nitrogens with one attached hydrogen (secondary N) is 3. The number of benzene rings is 2. The standard InChI is InChI=1S/C18H17ClN4O3/c1-11(24)16(21-13-8-9-15(20-2)14(19)10-13)18(26)23-22-17(25)12-6-4-3-5-7-12/h3-11,16,21,24H,1H3,(H,22,25)(H,23,26)/t11-,16+/m0/s1. The number of carbonyl (C=O) groups is 2. The largest absolute Gasteiger partial charge is 0.391 e. The lowest BCUT2D eigenvalue weighted by Crippen LogP contribution is -2.52. The number of anilines is 1. The molecule has 0 aliphatic rings. The van der Waals surface area contributed by atoms with Gasteiger partial charge in [0.1, 0.15) is 6.04 Å². The number of aliphatic hydroxyl groups is 1. The van der Waals surface area contributed by atoms with E-state index in [1.165, 1.54) is 19.1 Å². The van der Waals surface area contributed by atoms with E-state index in [1.54, 1.807) is 36.4 Å². The van der Waals surface area contributed by atoms with Crippen molar-refractivity contribution in [2.75, 3.05) is 5.32 Å². The van der Waals surface area contributed by atoms with Crippen LogP contribution in [0.15, 0.2) is 48.5 Å². The van der Waals surface area contributed by atoms with E-state index in [4.69, 9.17) is 18.2 Å². The molecular weight excluding hydrogens is 356 g/mol. The average Bonchev–Trinajstić information content (AvgIpc) is 2.64. The molecule has 0 radical (unpaired) electrons. The molecule has 2 aromatic carbocycles. The maximum absolute atomic E-state index is 12.3. The SMILES string of the molecule is [C-]#[N+]c1ccc(N[C@@H](C(=O)NNC(=O)c2ccccc2)[C@H](C)O)cc1Cl. The van der Waals surface area contributed by atoms with Gasteiger partial charge in [0.15, 0.2) is 0 Å². The smallest absolute Gasteiger partial charge is 0.269 e. The Hall–Kier alpha value is -3.08. The minimum Gasteiger partial charge on any atom is -0.391 e. The molecule has 0 heterocycles. The van der Waals surface area contributed by atoms with E-state index in [9.17, 15) is 14.7 Å². The number of halogens is 1. The maximum atomic E-state index is 12.3. The van der Waals surface area contributed by atoms with E-state index in [0.717, 1.165) is 0 Å². The van der Waals surface area contributed by atoms with Gasteiger partial charge in [-0.3, -0.25) is 20.4 Å². The lowest BCUT2D eigenvalue weighted by Gasteiger charge is -2.22. The molecule has 134 valence electrons. The molecule has 8 heteroatoms. The summed E-state index contributed by atoms with van der Waals surface area (Å²) in [4.78, 5) is 27.5. The molecular formula is C18H17ClN4O3. The lowest BCUT2D eigenvalue weighted by atomic mass is 10.1. The van der Waals surface area contributed by atoms with Crippen LogP contribution in [-0.2, 0) is 4.79 Å². The molecule has 2 rings (SSSR count). The first-order valence-corrected chi connectivity index (χ1v) is 8.07. The van der Waals surface area contributed by atoms with Gasteiger partial charge in [0, 0.05) is 16.3 Å². The Morgan fingerprint density at radius 2 is 1.85 bits per heavy atom. The molecule has 0 unspecified atom stereocenters. The summed E-state index contributed by atoms with van der Waals surface area (Å²) in [5.74, 6) is -1.11. The Morgan fingerprint density at radius 1 is 1.15 bits per heavy atom. The number of hydrogen-bond donors (Lipinski definition) is 4. The first-order valence-electron chi connectivity index (χ1n) is 7.69. The Morgan fingerprint density at radius 3 is 2.42 bits per heavy atom. The molecule has 0 saturated heterocycles. The van der Waals surface area contributed by atoms with Crippen molar-refractivity contribution < 1.29 is 14.7 Å². The fraction of sp³-hybridized carbons (Fsp3) is 0.167. The van der Waals surface area contributed by atoms with Crippen molar-refractivity contribution in [1.82, 2.24) is 10.9 Å². The first kappa shape index (κ1) is 19.2. The van der Waals surface area contributed by atoms with Gasteiger partial charge in [0.2, 0.25) is 5.69 Å². The minimum atomic E-state index is -1.05. The van der Waals surface area contributed by atoms with Gasteiger partial charge in [0.05, 0.1) is 12.7 Å². The molecule has 0 aliphatic heterocycles. The van der Waals surface area contributed by atoms with Crippen LogP contribution in [0, 0.1) is 6.57 Å². The molecule has 2 amide bonds. The highest BCUT2D eigenvalue weighted by Gasteiger charge is 2.24. The predicted molar refractivity (Wildman–Crippen MR) is 98.9 cm³/mol. The summed E-state index contributed by atoms with van der Waals surface area (Å²) < 4.78 is 0. The number of rotatable bonds is 5. The molecule has 0 fully saturated rings. The number of hydrogen-bond acceptors (Lipinski definition) is 4. The van der Waals surface area contributed by atoms with Gasteiger partial charge in [-0.1, -0.05) is 35.9 Å². The topological polar surface area (TPSA) is 94.8 Å². The number of hydrazine groups is 1. The van der Waals surface area contributed by atoms with Crippen molar-refractivity contribution in [3.05, 3.63) is 70.5 Å². The van der Waals surface area contributed by atoms with Crippen molar-refractivity contribution >= 4 is 34.8 Å². The summed E-state index contributed by atoms with van der Waals surface area (Å²) in [6.07, 6.45) is -1.05. The fourth-order valence-corrected chi connectivity index (χ4v) is 2.35. The molecule has 0 aromatic heterocycles. The second kappa shape index (κ2) is 8.85. The second-order valence-corrected chi connectivity index (χ2v) is 5.86. The van der Waals surface area contributed by atoms with Gasteiger partial charge in [-0.05, 0) is 31.2 Å². The van der Waals surface area contributed by atoms with Crippen molar-refractivity contribution in [2.45, 2.75) is 19.1 Å². The normalized spacial score (nSPS) is 12.4. The molecule has 2 atom stereocenters. The van der Waals surface area contributed by atoms with Crippen LogP contribution in [0.1, 0.15) is 17.3 Å². The highest BCUT2D eigenvalue weighted by atomic mass is 35.5. The second-order valence-electron chi connectivity index (χ2n) is 5.45. The van der Waals surface area contributed by atoms with Gasteiger partial charge in [0.25, 0.3) is 11.8 Å². The number of nitrogens with zero attached hydrogens (tertiary/aromatic N) is 1. The van der Waals surface area contributed by atoms with E-state index >= 15 is 0 Å². The van der Waals surface area contributed by atoms with Gasteiger partial charge in [-0.25, -0.2) is 4.85 Å². The summed E-state index contributed by atoms with van der Waals surface area (Å²) in [6, 6.07) is 11.9. The van der Waals surface area contributed by atoms with Crippen molar-refractivity contribution in [2.24, 2.45) is 0 Å². The molecule has 0 bridgehead atoms. The van der Waals surface area contributed by atoms with E-state index in [-0.39, 0.29) is 10.7 Å². The molecule has 2 aromatic rings. The van der Waals surface area contributed by atoms with Crippen LogP contribution in [0.5, 0.6) is 0 Å². The summed E-state index contributed by atoms with van der Waals surface area (Å²) in [6.45, 7) is 8.41. The zero-order valence-corrected chi connectivity index (χ0v) is 14.6. The first-order chi connectivity index (χ1) is 12.4. The van der Waals surface area contributed by atoms with Gasteiger partial charge >= 0.3 is 0 Å². The molecule has 0 aliphatic carbocycles. The van der Waals surface area contributed by atoms with Crippen LogP contribution < -0.4 is 16.2 Å². The summed E-state index contributed by atoms with van der Waals surface area (Å²) in [5.41, 5.74) is 5.70. The third-order valence-electron chi connectivity index (χ3n) is 3.49. The fourth-order valence-electron chi connectivity index (χ4n) is 2.13. The van der Waals surface area contributed by atoms with E-state index in [2.05, 4.69) is 21.0 Å².